The smallest absolute Gasteiger partial charge is 0.321 e. The molecule has 2 heterocycles. The van der Waals surface area contributed by atoms with E-state index in [0.29, 0.717) is 31.6 Å². The van der Waals surface area contributed by atoms with Gasteiger partial charge in [-0.25, -0.2) is 9.48 Å². The summed E-state index contributed by atoms with van der Waals surface area (Å²) in [5, 5.41) is 16.0. The summed E-state index contributed by atoms with van der Waals surface area (Å²) in [4.78, 5) is 24.9. The van der Waals surface area contributed by atoms with Crippen LogP contribution in [0.25, 0.3) is 5.69 Å². The van der Waals surface area contributed by atoms with E-state index in [2.05, 4.69) is 10.4 Å². The van der Waals surface area contributed by atoms with Crippen LogP contribution in [0.2, 0.25) is 0 Å². The molecule has 0 atom stereocenters. The lowest BCUT2D eigenvalue weighted by Gasteiger charge is -2.30. The average molecular weight is 314 g/mol. The molecule has 1 aliphatic rings. The number of likely N-dealkylation sites (tertiary alicyclic amines) is 1. The van der Waals surface area contributed by atoms with Gasteiger partial charge in [-0.1, -0.05) is 6.07 Å². The van der Waals surface area contributed by atoms with Crippen molar-refractivity contribution in [2.75, 3.05) is 18.4 Å². The van der Waals surface area contributed by atoms with Crippen molar-refractivity contribution < 1.29 is 14.7 Å². The van der Waals surface area contributed by atoms with Crippen LogP contribution in [0.4, 0.5) is 10.5 Å². The number of nitrogens with one attached hydrogen (secondary N) is 1. The molecule has 0 unspecified atom stereocenters. The SMILES string of the molecule is O=C(O)C1CCN(C(=O)Nc2cccc(-n3cccn3)c2)CC1. The maximum absolute atomic E-state index is 12.3. The summed E-state index contributed by atoms with van der Waals surface area (Å²) in [7, 11) is 0. The minimum atomic E-state index is -0.781. The highest BCUT2D eigenvalue weighted by Crippen LogP contribution is 2.19. The van der Waals surface area contributed by atoms with Gasteiger partial charge in [0.1, 0.15) is 0 Å². The summed E-state index contributed by atoms with van der Waals surface area (Å²) in [5.41, 5.74) is 1.54. The first-order valence-electron chi connectivity index (χ1n) is 7.52. The second kappa shape index (κ2) is 6.51. The van der Waals surface area contributed by atoms with Gasteiger partial charge in [-0.2, -0.15) is 5.10 Å². The fourth-order valence-corrected chi connectivity index (χ4v) is 2.68. The molecule has 23 heavy (non-hydrogen) atoms. The van der Waals surface area contributed by atoms with Crippen molar-refractivity contribution in [1.29, 1.82) is 0 Å². The summed E-state index contributed by atoms with van der Waals surface area (Å²) < 4.78 is 1.72. The second-order valence-corrected chi connectivity index (χ2v) is 5.53. The van der Waals surface area contributed by atoms with E-state index in [9.17, 15) is 9.59 Å². The number of rotatable bonds is 3. The third-order valence-electron chi connectivity index (χ3n) is 4.00. The molecule has 1 aliphatic heterocycles. The van der Waals surface area contributed by atoms with Gasteiger partial charge in [0, 0.05) is 31.2 Å². The van der Waals surface area contributed by atoms with Crippen LogP contribution in [-0.4, -0.2) is 44.9 Å². The van der Waals surface area contributed by atoms with Crippen LogP contribution in [-0.2, 0) is 4.79 Å². The summed E-state index contributed by atoms with van der Waals surface area (Å²) >= 11 is 0. The Morgan fingerprint density at radius 1 is 1.22 bits per heavy atom. The first kappa shape index (κ1) is 15.1. The zero-order valence-corrected chi connectivity index (χ0v) is 12.6. The molecule has 1 aromatic carbocycles. The number of anilines is 1. The number of carboxylic acid groups (broad SMARTS) is 1. The lowest BCUT2D eigenvalue weighted by atomic mass is 9.97. The molecule has 2 N–H and O–H groups in total. The normalized spacial score (nSPS) is 15.4. The number of carbonyl (C=O) groups is 2. The molecule has 0 saturated carbocycles. The van der Waals surface area contributed by atoms with Crippen molar-refractivity contribution in [3.63, 3.8) is 0 Å². The number of carbonyl (C=O) groups excluding carboxylic acids is 1. The van der Waals surface area contributed by atoms with E-state index in [0.717, 1.165) is 5.69 Å². The van der Waals surface area contributed by atoms with Crippen molar-refractivity contribution in [3.8, 4) is 5.69 Å². The number of hydrogen-bond acceptors (Lipinski definition) is 3. The zero-order chi connectivity index (χ0) is 16.2. The first-order chi connectivity index (χ1) is 11.1. The minimum absolute atomic E-state index is 0.202. The number of piperidine rings is 1. The highest BCUT2D eigenvalue weighted by molar-refractivity contribution is 5.89. The summed E-state index contributed by atoms with van der Waals surface area (Å²) in [6.45, 7) is 0.920. The van der Waals surface area contributed by atoms with E-state index in [1.807, 2.05) is 36.5 Å². The molecule has 3 rings (SSSR count). The Morgan fingerprint density at radius 3 is 2.65 bits per heavy atom. The molecule has 0 spiro atoms. The van der Waals surface area contributed by atoms with E-state index in [1.165, 1.54) is 0 Å². The van der Waals surface area contributed by atoms with Crippen LogP contribution >= 0.6 is 0 Å². The molecule has 1 fully saturated rings. The van der Waals surface area contributed by atoms with Gasteiger partial charge in [-0.05, 0) is 37.1 Å². The summed E-state index contributed by atoms with van der Waals surface area (Å²) in [5.74, 6) is -1.13. The van der Waals surface area contributed by atoms with Gasteiger partial charge < -0.3 is 15.3 Å². The quantitative estimate of drug-likeness (QED) is 0.909. The van der Waals surface area contributed by atoms with Crippen molar-refractivity contribution >= 4 is 17.7 Å². The number of urea groups is 1. The second-order valence-electron chi connectivity index (χ2n) is 5.53. The molecular weight excluding hydrogens is 296 g/mol. The van der Waals surface area contributed by atoms with E-state index in [1.54, 1.807) is 15.8 Å². The van der Waals surface area contributed by atoms with Gasteiger partial charge in [0.15, 0.2) is 0 Å². The van der Waals surface area contributed by atoms with Crippen LogP contribution in [0.15, 0.2) is 42.7 Å². The molecule has 2 amide bonds. The molecule has 7 nitrogen and oxygen atoms in total. The summed E-state index contributed by atoms with van der Waals surface area (Å²) in [6, 6.07) is 9.04. The molecule has 0 aliphatic carbocycles. The van der Waals surface area contributed by atoms with Gasteiger partial charge in [0.25, 0.3) is 0 Å². The number of carboxylic acids is 1. The standard InChI is InChI=1S/C16H18N4O3/c21-15(22)12-5-9-19(10-6-12)16(23)18-13-3-1-4-14(11-13)20-8-2-7-17-20/h1-4,7-8,11-12H,5-6,9-10H2,(H,18,23)(H,21,22). The third kappa shape index (κ3) is 3.50. The van der Waals surface area contributed by atoms with Crippen molar-refractivity contribution in [3.05, 3.63) is 42.7 Å². The molecule has 2 aromatic rings. The van der Waals surface area contributed by atoms with Crippen molar-refractivity contribution in [2.24, 2.45) is 5.92 Å². The monoisotopic (exact) mass is 314 g/mol. The van der Waals surface area contributed by atoms with Gasteiger partial charge in [0.2, 0.25) is 0 Å². The third-order valence-corrected chi connectivity index (χ3v) is 4.00. The highest BCUT2D eigenvalue weighted by atomic mass is 16.4. The van der Waals surface area contributed by atoms with Crippen LogP contribution in [0.1, 0.15) is 12.8 Å². The highest BCUT2D eigenvalue weighted by Gasteiger charge is 2.26. The van der Waals surface area contributed by atoms with E-state index in [-0.39, 0.29) is 11.9 Å². The van der Waals surface area contributed by atoms with E-state index >= 15 is 0 Å². The molecule has 0 radical (unpaired) electrons. The Kier molecular flexibility index (Phi) is 4.27. The fourth-order valence-electron chi connectivity index (χ4n) is 2.68. The maximum atomic E-state index is 12.3. The van der Waals surface area contributed by atoms with Gasteiger partial charge in [-0.15, -0.1) is 0 Å². The van der Waals surface area contributed by atoms with E-state index in [4.69, 9.17) is 5.11 Å². The van der Waals surface area contributed by atoms with Gasteiger partial charge in [0.05, 0.1) is 11.6 Å². The Labute approximate surface area is 133 Å². The Hall–Kier alpha value is -2.83. The number of aliphatic carboxylic acids is 1. The zero-order valence-electron chi connectivity index (χ0n) is 12.6. The van der Waals surface area contributed by atoms with Crippen LogP contribution < -0.4 is 5.32 Å². The average Bonchev–Trinajstić information content (AvgIpc) is 3.10. The Bertz CT molecular complexity index is 691. The number of benzene rings is 1. The molecule has 1 aromatic heterocycles. The Morgan fingerprint density at radius 2 is 2.00 bits per heavy atom. The number of aromatic nitrogens is 2. The van der Waals surface area contributed by atoms with Crippen LogP contribution in [0.5, 0.6) is 0 Å². The molecule has 7 heteroatoms. The predicted molar refractivity (Wildman–Crippen MR) is 84.5 cm³/mol. The largest absolute Gasteiger partial charge is 0.481 e. The van der Waals surface area contributed by atoms with Crippen molar-refractivity contribution in [1.82, 2.24) is 14.7 Å². The molecule has 120 valence electrons. The van der Waals surface area contributed by atoms with E-state index < -0.39 is 5.97 Å². The fraction of sp³-hybridized carbons (Fsp3) is 0.312. The maximum Gasteiger partial charge on any atom is 0.321 e. The lowest BCUT2D eigenvalue weighted by Crippen LogP contribution is -2.42. The van der Waals surface area contributed by atoms with Crippen LogP contribution in [0, 0.1) is 5.92 Å². The minimum Gasteiger partial charge on any atom is -0.481 e. The molecule has 0 bridgehead atoms. The topological polar surface area (TPSA) is 87.5 Å². The summed E-state index contributed by atoms with van der Waals surface area (Å²) in [6.07, 6.45) is 4.52. The van der Waals surface area contributed by atoms with Gasteiger partial charge >= 0.3 is 12.0 Å². The Balaban J connectivity index is 1.62. The first-order valence-corrected chi connectivity index (χ1v) is 7.52. The number of amides is 2. The van der Waals surface area contributed by atoms with Gasteiger partial charge in [-0.3, -0.25) is 4.79 Å². The van der Waals surface area contributed by atoms with Crippen molar-refractivity contribution in [2.45, 2.75) is 12.8 Å². The van der Waals surface area contributed by atoms with Crippen LogP contribution in [0.3, 0.4) is 0 Å². The number of hydrogen-bond donors (Lipinski definition) is 2. The lowest BCUT2D eigenvalue weighted by molar-refractivity contribution is -0.143. The predicted octanol–water partition coefficient (Wildman–Crippen LogP) is 2.20. The molecule has 1 saturated heterocycles. The number of nitrogens with zero attached hydrogens (tertiary/aromatic N) is 3. The molecular formula is C16H18N4O3.